The highest BCUT2D eigenvalue weighted by atomic mass is 19.1. The molecule has 0 bridgehead atoms. The Labute approximate surface area is 150 Å². The zero-order chi connectivity index (χ0) is 18.9. The number of benzene rings is 2. The maximum atomic E-state index is 13.5. The normalized spacial score (nSPS) is 11.3. The highest BCUT2D eigenvalue weighted by Crippen LogP contribution is 2.17. The Morgan fingerprint density at radius 3 is 2.35 bits per heavy atom. The summed E-state index contributed by atoms with van der Waals surface area (Å²) >= 11 is 0. The van der Waals surface area contributed by atoms with E-state index in [4.69, 9.17) is 4.74 Å². The van der Waals surface area contributed by atoms with Crippen LogP contribution >= 0.6 is 0 Å². The minimum Gasteiger partial charge on any atom is -0.455 e. The van der Waals surface area contributed by atoms with Crippen LogP contribution in [0.2, 0.25) is 0 Å². The number of carbonyl (C=O) groups is 3. The van der Waals surface area contributed by atoms with Crippen molar-refractivity contribution in [2.24, 2.45) is 0 Å². The molecule has 0 aromatic heterocycles. The molecule has 2 aromatic carbocycles. The lowest BCUT2D eigenvalue weighted by Crippen LogP contribution is -2.29. The van der Waals surface area contributed by atoms with Crippen LogP contribution in [0, 0.1) is 5.82 Å². The number of halogens is 1. The molecule has 136 valence electrons. The van der Waals surface area contributed by atoms with Crippen LogP contribution in [0.5, 0.6) is 0 Å². The summed E-state index contributed by atoms with van der Waals surface area (Å²) in [5, 5.41) is 4.99. The minimum absolute atomic E-state index is 0.00829. The number of amides is 2. The topological polar surface area (TPSA) is 84.5 Å². The molecular weight excluding hydrogens is 339 g/mol. The van der Waals surface area contributed by atoms with Gasteiger partial charge in [-0.2, -0.15) is 0 Å². The number of nitrogens with one attached hydrogen (secondary N) is 2. The second-order valence-corrected chi connectivity index (χ2v) is 5.56. The monoisotopic (exact) mass is 358 g/mol. The number of hydrogen-bond acceptors (Lipinski definition) is 4. The van der Waals surface area contributed by atoms with Gasteiger partial charge in [0.05, 0.1) is 18.2 Å². The third-order valence-corrected chi connectivity index (χ3v) is 3.46. The van der Waals surface area contributed by atoms with Crippen molar-refractivity contribution >= 4 is 23.5 Å². The van der Waals surface area contributed by atoms with Gasteiger partial charge in [0, 0.05) is 6.92 Å². The van der Waals surface area contributed by atoms with Gasteiger partial charge in [0.2, 0.25) is 5.91 Å². The molecule has 2 aromatic rings. The van der Waals surface area contributed by atoms with Gasteiger partial charge in [0.25, 0.3) is 5.91 Å². The van der Waals surface area contributed by atoms with E-state index >= 15 is 0 Å². The van der Waals surface area contributed by atoms with Crippen molar-refractivity contribution in [3.8, 4) is 0 Å². The van der Waals surface area contributed by atoms with Crippen LogP contribution in [0.1, 0.15) is 24.9 Å². The van der Waals surface area contributed by atoms with Crippen molar-refractivity contribution < 1.29 is 23.5 Å². The molecule has 0 radical (unpaired) electrons. The fraction of sp³-hybridized carbons (Fsp3) is 0.211. The molecule has 0 saturated heterocycles. The molecule has 2 amide bonds. The van der Waals surface area contributed by atoms with Gasteiger partial charge in [-0.1, -0.05) is 42.5 Å². The maximum Gasteiger partial charge on any atom is 0.308 e. The van der Waals surface area contributed by atoms with E-state index in [1.165, 1.54) is 25.1 Å². The Morgan fingerprint density at radius 1 is 1.04 bits per heavy atom. The summed E-state index contributed by atoms with van der Waals surface area (Å²) in [5.74, 6) is -2.18. The molecular formula is C19H19FN2O4. The summed E-state index contributed by atoms with van der Waals surface area (Å²) in [6.07, 6.45) is -0.128. The second-order valence-electron chi connectivity index (χ2n) is 5.56. The Kier molecular flexibility index (Phi) is 6.84. The van der Waals surface area contributed by atoms with E-state index in [0.29, 0.717) is 0 Å². The minimum atomic E-state index is -0.656. The summed E-state index contributed by atoms with van der Waals surface area (Å²) < 4.78 is 18.4. The van der Waals surface area contributed by atoms with Crippen molar-refractivity contribution in [1.29, 1.82) is 0 Å². The number of rotatable bonds is 7. The molecule has 0 aliphatic rings. The first kappa shape index (κ1) is 19.1. The van der Waals surface area contributed by atoms with Crippen molar-refractivity contribution in [2.45, 2.75) is 19.4 Å². The van der Waals surface area contributed by atoms with Gasteiger partial charge in [-0.05, 0) is 17.7 Å². The molecule has 6 nitrogen and oxygen atoms in total. The third-order valence-electron chi connectivity index (χ3n) is 3.46. The molecule has 0 aliphatic carbocycles. The van der Waals surface area contributed by atoms with Crippen molar-refractivity contribution in [3.63, 3.8) is 0 Å². The summed E-state index contributed by atoms with van der Waals surface area (Å²) in [6, 6.07) is 14.1. The fourth-order valence-corrected chi connectivity index (χ4v) is 2.30. The number of para-hydroxylation sites is 1. The lowest BCUT2D eigenvalue weighted by Gasteiger charge is -2.17. The predicted octanol–water partition coefficient (Wildman–Crippen LogP) is 2.57. The molecule has 0 spiro atoms. The Morgan fingerprint density at radius 2 is 1.69 bits per heavy atom. The number of carbonyl (C=O) groups excluding carboxylic acids is 3. The van der Waals surface area contributed by atoms with Gasteiger partial charge in [-0.15, -0.1) is 0 Å². The van der Waals surface area contributed by atoms with Gasteiger partial charge in [0.15, 0.2) is 6.61 Å². The van der Waals surface area contributed by atoms with Crippen LogP contribution in [0.25, 0.3) is 0 Å². The Bertz CT molecular complexity index is 780. The van der Waals surface area contributed by atoms with E-state index in [0.717, 1.165) is 5.56 Å². The van der Waals surface area contributed by atoms with E-state index in [-0.39, 0.29) is 18.0 Å². The lowest BCUT2D eigenvalue weighted by molar-refractivity contribution is -0.148. The first-order valence-corrected chi connectivity index (χ1v) is 7.97. The Balaban J connectivity index is 1.88. The molecule has 7 heteroatoms. The highest BCUT2D eigenvalue weighted by Gasteiger charge is 2.19. The van der Waals surface area contributed by atoms with E-state index in [2.05, 4.69) is 10.6 Å². The van der Waals surface area contributed by atoms with Crippen LogP contribution in [-0.2, 0) is 19.1 Å². The van der Waals surface area contributed by atoms with Crippen molar-refractivity contribution in [1.82, 2.24) is 5.32 Å². The third kappa shape index (κ3) is 6.01. The van der Waals surface area contributed by atoms with Crippen LogP contribution < -0.4 is 10.6 Å². The van der Waals surface area contributed by atoms with Crippen LogP contribution in [-0.4, -0.2) is 24.4 Å². The smallest absolute Gasteiger partial charge is 0.308 e. The highest BCUT2D eigenvalue weighted by molar-refractivity contribution is 5.92. The zero-order valence-electron chi connectivity index (χ0n) is 14.2. The van der Waals surface area contributed by atoms with Crippen LogP contribution in [0.15, 0.2) is 54.6 Å². The number of ether oxygens (including phenoxy) is 1. The summed E-state index contributed by atoms with van der Waals surface area (Å²) in [4.78, 5) is 35.1. The lowest BCUT2D eigenvalue weighted by atomic mass is 10.0. The average molecular weight is 358 g/mol. The Hall–Kier alpha value is -3.22. The van der Waals surface area contributed by atoms with Gasteiger partial charge in [-0.3, -0.25) is 14.4 Å². The number of esters is 1. The fourth-order valence-electron chi connectivity index (χ4n) is 2.30. The van der Waals surface area contributed by atoms with Gasteiger partial charge < -0.3 is 15.4 Å². The summed E-state index contributed by atoms with van der Waals surface area (Å²) in [5.41, 5.74) is 0.754. The molecule has 0 fully saturated rings. The van der Waals surface area contributed by atoms with Crippen molar-refractivity contribution in [3.05, 3.63) is 66.0 Å². The summed E-state index contributed by atoms with van der Waals surface area (Å²) in [6.45, 7) is 0.803. The molecule has 2 rings (SSSR count). The summed E-state index contributed by atoms with van der Waals surface area (Å²) in [7, 11) is 0. The van der Waals surface area contributed by atoms with Crippen LogP contribution in [0.4, 0.5) is 10.1 Å². The SMILES string of the molecule is CC(=O)N[C@@H](CC(=O)OCC(=O)Nc1ccccc1F)c1ccccc1. The standard InChI is InChI=1S/C19H19FN2O4/c1-13(23)21-17(14-7-3-2-4-8-14)11-19(25)26-12-18(24)22-16-10-6-5-9-15(16)20/h2-10,17H,11-12H2,1H3,(H,21,23)(H,22,24)/t17-/m0/s1. The van der Waals surface area contributed by atoms with Crippen molar-refractivity contribution in [2.75, 3.05) is 11.9 Å². The molecule has 2 N–H and O–H groups in total. The van der Waals surface area contributed by atoms with Crippen LogP contribution in [0.3, 0.4) is 0 Å². The maximum absolute atomic E-state index is 13.5. The number of hydrogen-bond donors (Lipinski definition) is 2. The average Bonchev–Trinajstić information content (AvgIpc) is 2.62. The first-order valence-electron chi connectivity index (χ1n) is 7.97. The molecule has 26 heavy (non-hydrogen) atoms. The van der Waals surface area contributed by atoms with Gasteiger partial charge in [0.1, 0.15) is 5.82 Å². The van der Waals surface area contributed by atoms with Gasteiger partial charge in [-0.25, -0.2) is 4.39 Å². The first-order chi connectivity index (χ1) is 12.5. The van der Waals surface area contributed by atoms with E-state index in [1.807, 2.05) is 6.07 Å². The second kappa shape index (κ2) is 9.31. The molecule has 0 aliphatic heterocycles. The molecule has 0 unspecified atom stereocenters. The molecule has 0 heterocycles. The molecule has 1 atom stereocenters. The van der Waals surface area contributed by atoms with E-state index in [9.17, 15) is 18.8 Å². The van der Waals surface area contributed by atoms with E-state index in [1.54, 1.807) is 30.3 Å². The van der Waals surface area contributed by atoms with Gasteiger partial charge >= 0.3 is 5.97 Å². The van der Waals surface area contributed by atoms with E-state index < -0.39 is 30.3 Å². The molecule has 0 saturated carbocycles. The number of anilines is 1. The largest absolute Gasteiger partial charge is 0.455 e. The quantitative estimate of drug-likeness (QED) is 0.745. The predicted molar refractivity (Wildman–Crippen MR) is 93.6 cm³/mol. The zero-order valence-corrected chi connectivity index (χ0v) is 14.2.